The molecule has 8 heteroatoms. The van der Waals surface area contributed by atoms with Crippen molar-refractivity contribution < 1.29 is 28.2 Å². The van der Waals surface area contributed by atoms with Gasteiger partial charge in [-0.3, -0.25) is 4.79 Å². The summed E-state index contributed by atoms with van der Waals surface area (Å²) in [7, 11) is 0. The maximum absolute atomic E-state index is 12.9. The van der Waals surface area contributed by atoms with Gasteiger partial charge in [-0.2, -0.15) is 13.2 Å². The summed E-state index contributed by atoms with van der Waals surface area (Å²) in [5.74, 6) is -0.964. The minimum absolute atomic E-state index is 0.0459. The van der Waals surface area contributed by atoms with Gasteiger partial charge in [0, 0.05) is 12.7 Å². The van der Waals surface area contributed by atoms with Crippen molar-refractivity contribution in [1.82, 2.24) is 9.88 Å². The number of hydrogen-bond acceptors (Lipinski definition) is 4. The van der Waals surface area contributed by atoms with E-state index in [0.29, 0.717) is 0 Å². The number of aliphatic hydroxyl groups excluding tert-OH is 1. The molecule has 1 aromatic heterocycles. The molecule has 5 nitrogen and oxygen atoms in total. The van der Waals surface area contributed by atoms with Crippen molar-refractivity contribution in [2.24, 2.45) is 0 Å². The zero-order valence-corrected chi connectivity index (χ0v) is 12.9. The quantitative estimate of drug-likeness (QED) is 0.872. The fraction of sp³-hybridized carbons (Fsp3) is 0.294. The van der Waals surface area contributed by atoms with E-state index >= 15 is 0 Å². The van der Waals surface area contributed by atoms with E-state index in [-0.39, 0.29) is 30.0 Å². The van der Waals surface area contributed by atoms with E-state index in [9.17, 15) is 28.2 Å². The lowest BCUT2D eigenvalue weighted by atomic mass is 10.0. The third-order valence-electron chi connectivity index (χ3n) is 4.13. The van der Waals surface area contributed by atoms with Crippen LogP contribution in [0, 0.1) is 0 Å². The molecule has 1 saturated heterocycles. The van der Waals surface area contributed by atoms with Gasteiger partial charge in [0.25, 0.3) is 5.91 Å². The van der Waals surface area contributed by atoms with Gasteiger partial charge in [0.15, 0.2) is 5.69 Å². The number of aromatic nitrogens is 1. The number of carbonyl (C=O) groups excluding carboxylic acids is 1. The summed E-state index contributed by atoms with van der Waals surface area (Å²) >= 11 is 0. The molecule has 1 aliphatic rings. The molecule has 132 valence electrons. The summed E-state index contributed by atoms with van der Waals surface area (Å²) in [6.45, 7) is -0.0459. The molecule has 0 bridgehead atoms. The molecule has 0 unspecified atom stereocenters. The van der Waals surface area contributed by atoms with Crippen LogP contribution in [0.25, 0.3) is 0 Å². The smallest absolute Gasteiger partial charge is 0.416 e. The molecule has 0 radical (unpaired) electrons. The van der Waals surface area contributed by atoms with Crippen LogP contribution in [0.3, 0.4) is 0 Å². The summed E-state index contributed by atoms with van der Waals surface area (Å²) in [4.78, 5) is 17.7. The van der Waals surface area contributed by atoms with Gasteiger partial charge in [0.2, 0.25) is 0 Å². The molecular weight excluding hydrogens is 337 g/mol. The minimum Gasteiger partial charge on any atom is -0.505 e. The van der Waals surface area contributed by atoms with Gasteiger partial charge in [0.1, 0.15) is 5.75 Å². The number of aliphatic hydroxyl groups is 1. The van der Waals surface area contributed by atoms with E-state index < -0.39 is 29.8 Å². The normalized spacial score (nSPS) is 20.7. The molecule has 1 aliphatic heterocycles. The van der Waals surface area contributed by atoms with Gasteiger partial charge in [-0.15, -0.1) is 0 Å². The number of β-amino-alcohol motifs (C(OH)–C–C–N with tert-alkyl or cyclic N) is 1. The Labute approximate surface area is 141 Å². The fourth-order valence-corrected chi connectivity index (χ4v) is 2.97. The zero-order chi connectivity index (χ0) is 18.2. The first-order valence-corrected chi connectivity index (χ1v) is 7.57. The molecule has 25 heavy (non-hydrogen) atoms. The highest BCUT2D eigenvalue weighted by molar-refractivity contribution is 5.95. The Morgan fingerprint density at radius 3 is 2.68 bits per heavy atom. The summed E-state index contributed by atoms with van der Waals surface area (Å²) in [5, 5.41) is 19.7. The average Bonchev–Trinajstić information content (AvgIpc) is 2.96. The molecule has 0 spiro atoms. The molecule has 2 N–H and O–H groups in total. The predicted molar refractivity (Wildman–Crippen MR) is 81.7 cm³/mol. The topological polar surface area (TPSA) is 73.7 Å². The zero-order valence-electron chi connectivity index (χ0n) is 12.9. The monoisotopic (exact) mass is 352 g/mol. The Morgan fingerprint density at radius 2 is 2.00 bits per heavy atom. The Bertz CT molecular complexity index is 795. The van der Waals surface area contributed by atoms with Crippen molar-refractivity contribution >= 4 is 5.91 Å². The van der Waals surface area contributed by atoms with Gasteiger partial charge in [0.05, 0.1) is 17.7 Å². The standard InChI is InChI=1S/C17H15F3N2O3/c18-17(19,20)11-4-1-3-10(7-11)13-8-12(23)9-22(13)16(25)15-14(24)5-2-6-21-15/h1-7,12-13,23-24H,8-9H2/t12-,13-/m0/s1. The summed E-state index contributed by atoms with van der Waals surface area (Å²) < 4.78 is 38.8. The van der Waals surface area contributed by atoms with Crippen LogP contribution < -0.4 is 0 Å². The molecule has 2 atom stereocenters. The van der Waals surface area contributed by atoms with Crippen LogP contribution in [0.4, 0.5) is 13.2 Å². The number of amides is 1. The number of pyridine rings is 1. The van der Waals surface area contributed by atoms with Gasteiger partial charge in [-0.1, -0.05) is 12.1 Å². The lowest BCUT2D eigenvalue weighted by Gasteiger charge is -2.25. The maximum Gasteiger partial charge on any atom is 0.416 e. The molecule has 2 heterocycles. The highest BCUT2D eigenvalue weighted by atomic mass is 19.4. The lowest BCUT2D eigenvalue weighted by molar-refractivity contribution is -0.137. The number of likely N-dealkylation sites (tertiary alicyclic amines) is 1. The average molecular weight is 352 g/mol. The van der Waals surface area contributed by atoms with Crippen molar-refractivity contribution in [2.45, 2.75) is 24.7 Å². The highest BCUT2D eigenvalue weighted by Gasteiger charge is 2.38. The fourth-order valence-electron chi connectivity index (χ4n) is 2.97. The molecule has 1 amide bonds. The summed E-state index contributed by atoms with van der Waals surface area (Å²) in [5.41, 5.74) is -0.747. The van der Waals surface area contributed by atoms with E-state index in [0.717, 1.165) is 12.1 Å². The first-order valence-electron chi connectivity index (χ1n) is 7.57. The highest BCUT2D eigenvalue weighted by Crippen LogP contribution is 2.37. The third-order valence-corrected chi connectivity index (χ3v) is 4.13. The number of benzene rings is 1. The Kier molecular flexibility index (Phi) is 4.38. The Hall–Kier alpha value is -2.61. The van der Waals surface area contributed by atoms with Crippen LogP contribution in [0.15, 0.2) is 42.6 Å². The summed E-state index contributed by atoms with van der Waals surface area (Å²) in [6.07, 6.45) is -3.92. The van der Waals surface area contributed by atoms with Crippen molar-refractivity contribution in [2.75, 3.05) is 6.54 Å². The molecule has 1 aromatic carbocycles. The third kappa shape index (κ3) is 3.43. The number of alkyl halides is 3. The van der Waals surface area contributed by atoms with Crippen LogP contribution in [-0.4, -0.2) is 38.7 Å². The lowest BCUT2D eigenvalue weighted by Crippen LogP contribution is -2.32. The van der Waals surface area contributed by atoms with Gasteiger partial charge in [-0.05, 0) is 36.2 Å². The van der Waals surface area contributed by atoms with Crippen LogP contribution in [-0.2, 0) is 6.18 Å². The van der Waals surface area contributed by atoms with Crippen molar-refractivity contribution in [3.63, 3.8) is 0 Å². The number of rotatable bonds is 2. The number of aromatic hydroxyl groups is 1. The first kappa shape index (κ1) is 17.2. The van der Waals surface area contributed by atoms with E-state index in [2.05, 4.69) is 4.98 Å². The van der Waals surface area contributed by atoms with Gasteiger partial charge < -0.3 is 15.1 Å². The number of nitrogens with zero attached hydrogens (tertiary/aromatic N) is 2. The van der Waals surface area contributed by atoms with Crippen molar-refractivity contribution in [1.29, 1.82) is 0 Å². The van der Waals surface area contributed by atoms with Crippen molar-refractivity contribution in [3.05, 3.63) is 59.4 Å². The predicted octanol–water partition coefficient (Wildman–Crippen LogP) is 2.75. The Balaban J connectivity index is 1.95. The largest absolute Gasteiger partial charge is 0.505 e. The molecule has 2 aromatic rings. The van der Waals surface area contributed by atoms with E-state index in [1.807, 2.05) is 0 Å². The van der Waals surface area contributed by atoms with Crippen molar-refractivity contribution in [3.8, 4) is 5.75 Å². The van der Waals surface area contributed by atoms with Crippen LogP contribution in [0.1, 0.15) is 34.1 Å². The molecule has 3 rings (SSSR count). The second kappa shape index (κ2) is 6.36. The summed E-state index contributed by atoms with van der Waals surface area (Å²) in [6, 6.07) is 6.69. The second-order valence-electron chi connectivity index (χ2n) is 5.86. The van der Waals surface area contributed by atoms with Crippen LogP contribution >= 0.6 is 0 Å². The second-order valence-corrected chi connectivity index (χ2v) is 5.86. The Morgan fingerprint density at radius 1 is 1.24 bits per heavy atom. The van der Waals surface area contributed by atoms with E-state index in [1.54, 1.807) is 0 Å². The van der Waals surface area contributed by atoms with Gasteiger partial charge in [-0.25, -0.2) is 4.98 Å². The van der Waals surface area contributed by atoms with Crippen LogP contribution in [0.5, 0.6) is 5.75 Å². The molecule has 0 saturated carbocycles. The van der Waals surface area contributed by atoms with Crippen LogP contribution in [0.2, 0.25) is 0 Å². The number of hydrogen-bond donors (Lipinski definition) is 2. The maximum atomic E-state index is 12.9. The molecule has 1 fully saturated rings. The SMILES string of the molecule is O=C(c1ncccc1O)N1C[C@@H](O)C[C@H]1c1cccc(C(F)(F)F)c1. The van der Waals surface area contributed by atoms with Gasteiger partial charge >= 0.3 is 6.18 Å². The number of halogens is 3. The molecular formula is C17H15F3N2O3. The first-order chi connectivity index (χ1) is 11.8. The van der Waals surface area contributed by atoms with E-state index in [1.165, 1.54) is 35.4 Å². The number of carbonyl (C=O) groups is 1. The minimum atomic E-state index is -4.50. The molecule has 0 aliphatic carbocycles. The van der Waals surface area contributed by atoms with E-state index in [4.69, 9.17) is 0 Å².